The summed E-state index contributed by atoms with van der Waals surface area (Å²) in [6, 6.07) is 2.19. The van der Waals surface area contributed by atoms with Gasteiger partial charge in [-0.1, -0.05) is 0 Å². The van der Waals surface area contributed by atoms with Gasteiger partial charge in [-0.3, -0.25) is 4.90 Å². The van der Waals surface area contributed by atoms with Crippen molar-refractivity contribution in [3.63, 3.8) is 0 Å². The van der Waals surface area contributed by atoms with E-state index in [-0.39, 0.29) is 0 Å². The highest BCUT2D eigenvalue weighted by Crippen LogP contribution is 2.29. The van der Waals surface area contributed by atoms with Gasteiger partial charge in [-0.2, -0.15) is 0 Å². The molecule has 5 heteroatoms. The Morgan fingerprint density at radius 2 is 1.94 bits per heavy atom. The van der Waals surface area contributed by atoms with Crippen molar-refractivity contribution in [2.45, 2.75) is 57.3 Å². The highest BCUT2D eigenvalue weighted by atomic mass is 15.3. The van der Waals surface area contributed by atoms with Gasteiger partial charge in [0, 0.05) is 25.2 Å². The normalized spacial score (nSPS) is 31.2. The van der Waals surface area contributed by atoms with Gasteiger partial charge in [0.15, 0.2) is 0 Å². The molecule has 2 saturated heterocycles. The zero-order valence-electron chi connectivity index (χ0n) is 11.6. The predicted octanol–water partition coefficient (Wildman–Crippen LogP) is 0.838. The SMILES string of the molecule is Cc1nnc(CN(C)C2CC3CCC(C2)N3)n1C. The first kappa shape index (κ1) is 12.1. The second-order valence-electron chi connectivity index (χ2n) is 5.90. The molecule has 1 aromatic heterocycles. The molecule has 2 atom stereocenters. The number of piperidine rings is 1. The zero-order chi connectivity index (χ0) is 12.7. The van der Waals surface area contributed by atoms with Gasteiger partial charge in [-0.15, -0.1) is 10.2 Å². The van der Waals surface area contributed by atoms with Crippen LogP contribution in [0.25, 0.3) is 0 Å². The van der Waals surface area contributed by atoms with Crippen LogP contribution >= 0.6 is 0 Å². The van der Waals surface area contributed by atoms with Crippen LogP contribution in [0.3, 0.4) is 0 Å². The zero-order valence-corrected chi connectivity index (χ0v) is 11.6. The molecule has 2 aliphatic rings. The number of hydrogen-bond acceptors (Lipinski definition) is 4. The largest absolute Gasteiger partial charge is 0.317 e. The summed E-state index contributed by atoms with van der Waals surface area (Å²) >= 11 is 0. The topological polar surface area (TPSA) is 46.0 Å². The summed E-state index contributed by atoms with van der Waals surface area (Å²) in [5.41, 5.74) is 0. The first-order chi connectivity index (χ1) is 8.63. The Labute approximate surface area is 109 Å². The second-order valence-corrected chi connectivity index (χ2v) is 5.90. The van der Waals surface area contributed by atoms with Gasteiger partial charge in [-0.25, -0.2) is 0 Å². The summed E-state index contributed by atoms with van der Waals surface area (Å²) in [6.07, 6.45) is 5.28. The molecule has 5 nitrogen and oxygen atoms in total. The van der Waals surface area contributed by atoms with Crippen LogP contribution in [0.2, 0.25) is 0 Å². The Morgan fingerprint density at radius 3 is 2.50 bits per heavy atom. The summed E-state index contributed by atoms with van der Waals surface area (Å²) < 4.78 is 2.09. The maximum Gasteiger partial charge on any atom is 0.146 e. The molecule has 0 aromatic carbocycles. The van der Waals surface area contributed by atoms with Crippen LogP contribution in [-0.2, 0) is 13.6 Å². The van der Waals surface area contributed by atoms with Crippen molar-refractivity contribution in [3.8, 4) is 0 Å². The predicted molar refractivity (Wildman–Crippen MR) is 70.2 cm³/mol. The summed E-state index contributed by atoms with van der Waals surface area (Å²) in [5.74, 6) is 2.06. The lowest BCUT2D eigenvalue weighted by Gasteiger charge is -2.35. The fourth-order valence-corrected chi connectivity index (χ4v) is 3.33. The molecular weight excluding hydrogens is 226 g/mol. The van der Waals surface area contributed by atoms with E-state index in [1.54, 1.807) is 0 Å². The molecule has 0 spiro atoms. The molecule has 3 rings (SSSR count). The van der Waals surface area contributed by atoms with Crippen LogP contribution in [0.15, 0.2) is 0 Å². The van der Waals surface area contributed by atoms with Crippen molar-refractivity contribution in [3.05, 3.63) is 11.6 Å². The second kappa shape index (κ2) is 4.63. The van der Waals surface area contributed by atoms with Crippen molar-refractivity contribution < 1.29 is 0 Å². The minimum absolute atomic E-state index is 0.695. The molecule has 2 fully saturated rings. The first-order valence-electron chi connectivity index (χ1n) is 6.94. The molecule has 100 valence electrons. The van der Waals surface area contributed by atoms with Crippen molar-refractivity contribution in [2.24, 2.45) is 7.05 Å². The highest BCUT2D eigenvalue weighted by molar-refractivity contribution is 4.97. The lowest BCUT2D eigenvalue weighted by molar-refractivity contribution is 0.161. The fourth-order valence-electron chi connectivity index (χ4n) is 3.33. The van der Waals surface area contributed by atoms with Gasteiger partial charge in [0.2, 0.25) is 0 Å². The summed E-state index contributed by atoms with van der Waals surface area (Å²) in [7, 11) is 4.27. The summed E-state index contributed by atoms with van der Waals surface area (Å²) in [6.45, 7) is 2.91. The van der Waals surface area contributed by atoms with Crippen LogP contribution in [0, 0.1) is 6.92 Å². The van der Waals surface area contributed by atoms with E-state index in [1.165, 1.54) is 25.7 Å². The standard InChI is InChI=1S/C13H23N5/c1-9-15-16-13(18(9)3)8-17(2)12-6-10-4-5-11(7-12)14-10/h10-12,14H,4-8H2,1-3H3. The van der Waals surface area contributed by atoms with E-state index in [9.17, 15) is 0 Å². The molecule has 1 N–H and O–H groups in total. The quantitative estimate of drug-likeness (QED) is 0.862. The minimum Gasteiger partial charge on any atom is -0.317 e. The molecule has 2 aliphatic heterocycles. The summed E-state index contributed by atoms with van der Waals surface area (Å²) in [5, 5.41) is 12.1. The van der Waals surface area contributed by atoms with E-state index in [4.69, 9.17) is 0 Å². The van der Waals surface area contributed by atoms with Gasteiger partial charge < -0.3 is 9.88 Å². The van der Waals surface area contributed by atoms with E-state index in [0.29, 0.717) is 6.04 Å². The Kier molecular flexibility index (Phi) is 3.11. The van der Waals surface area contributed by atoms with Crippen LogP contribution in [0.1, 0.15) is 37.3 Å². The molecule has 0 radical (unpaired) electrons. The van der Waals surface area contributed by atoms with Gasteiger partial charge in [0.05, 0.1) is 6.54 Å². The van der Waals surface area contributed by atoms with Gasteiger partial charge in [0.1, 0.15) is 11.6 Å². The number of rotatable bonds is 3. The Morgan fingerprint density at radius 1 is 1.28 bits per heavy atom. The van der Waals surface area contributed by atoms with E-state index in [2.05, 4.69) is 32.0 Å². The van der Waals surface area contributed by atoms with Crippen molar-refractivity contribution >= 4 is 0 Å². The Balaban J connectivity index is 1.64. The molecule has 0 saturated carbocycles. The molecule has 3 heterocycles. The smallest absolute Gasteiger partial charge is 0.146 e. The third-order valence-electron chi connectivity index (χ3n) is 4.65. The van der Waals surface area contributed by atoms with E-state index in [0.717, 1.165) is 30.3 Å². The molecule has 1 aromatic rings. The van der Waals surface area contributed by atoms with Crippen molar-refractivity contribution in [1.29, 1.82) is 0 Å². The number of aryl methyl sites for hydroxylation is 1. The molecule has 2 bridgehead atoms. The molecule has 2 unspecified atom stereocenters. The van der Waals surface area contributed by atoms with Crippen LogP contribution in [0.4, 0.5) is 0 Å². The van der Waals surface area contributed by atoms with E-state index >= 15 is 0 Å². The number of fused-ring (bicyclic) bond motifs is 2. The average Bonchev–Trinajstić information content (AvgIpc) is 2.85. The monoisotopic (exact) mass is 249 g/mol. The number of nitrogens with zero attached hydrogens (tertiary/aromatic N) is 4. The average molecular weight is 249 g/mol. The molecular formula is C13H23N5. The number of hydrogen-bond donors (Lipinski definition) is 1. The number of nitrogens with one attached hydrogen (secondary N) is 1. The Hall–Kier alpha value is -0.940. The van der Waals surface area contributed by atoms with E-state index < -0.39 is 0 Å². The molecule has 0 amide bonds. The number of aromatic nitrogens is 3. The lowest BCUT2D eigenvalue weighted by atomic mass is 9.98. The molecule has 0 aliphatic carbocycles. The maximum atomic E-state index is 4.26. The molecule has 18 heavy (non-hydrogen) atoms. The Bertz CT molecular complexity index is 415. The minimum atomic E-state index is 0.695. The van der Waals surface area contributed by atoms with Crippen LogP contribution in [0.5, 0.6) is 0 Å². The first-order valence-corrected chi connectivity index (χ1v) is 6.94. The highest BCUT2D eigenvalue weighted by Gasteiger charge is 2.35. The van der Waals surface area contributed by atoms with E-state index in [1.807, 2.05) is 14.0 Å². The van der Waals surface area contributed by atoms with Crippen LogP contribution < -0.4 is 5.32 Å². The van der Waals surface area contributed by atoms with Gasteiger partial charge in [-0.05, 0) is 39.7 Å². The lowest BCUT2D eigenvalue weighted by Crippen LogP contribution is -2.46. The van der Waals surface area contributed by atoms with Crippen molar-refractivity contribution in [1.82, 2.24) is 25.0 Å². The fraction of sp³-hybridized carbons (Fsp3) is 0.846. The van der Waals surface area contributed by atoms with Crippen LogP contribution in [-0.4, -0.2) is 44.8 Å². The third kappa shape index (κ3) is 2.17. The summed E-state index contributed by atoms with van der Waals surface area (Å²) in [4.78, 5) is 2.45. The maximum absolute atomic E-state index is 4.26. The van der Waals surface area contributed by atoms with Gasteiger partial charge >= 0.3 is 0 Å². The van der Waals surface area contributed by atoms with Gasteiger partial charge in [0.25, 0.3) is 0 Å². The van der Waals surface area contributed by atoms with Crippen molar-refractivity contribution in [2.75, 3.05) is 7.05 Å². The third-order valence-corrected chi connectivity index (χ3v) is 4.65.